The summed E-state index contributed by atoms with van der Waals surface area (Å²) in [7, 11) is 0. The Hall–Kier alpha value is -0.100. The zero-order valence-corrected chi connectivity index (χ0v) is 8.14. The van der Waals surface area contributed by atoms with Gasteiger partial charge in [-0.1, -0.05) is 0 Å². The molecule has 0 bridgehead atoms. The predicted octanol–water partition coefficient (Wildman–Crippen LogP) is 0.730. The Labute approximate surface area is 79.5 Å². The lowest BCUT2D eigenvalue weighted by Gasteiger charge is -2.04. The van der Waals surface area contributed by atoms with E-state index in [0.717, 1.165) is 11.4 Å². The molecule has 1 atom stereocenters. The third-order valence-corrected chi connectivity index (χ3v) is 3.01. The number of thioether (sulfide) groups is 1. The van der Waals surface area contributed by atoms with Crippen molar-refractivity contribution in [1.82, 2.24) is 4.98 Å². The van der Waals surface area contributed by atoms with E-state index in [1.807, 2.05) is 5.38 Å². The van der Waals surface area contributed by atoms with Gasteiger partial charge in [0.1, 0.15) is 0 Å². The van der Waals surface area contributed by atoms with Crippen molar-refractivity contribution in [3.63, 3.8) is 0 Å². The summed E-state index contributed by atoms with van der Waals surface area (Å²) in [6.07, 6.45) is -0.603. The summed E-state index contributed by atoms with van der Waals surface area (Å²) < 4.78 is 0. The first kappa shape index (κ1) is 9.98. The lowest BCUT2D eigenvalue weighted by Crippen LogP contribution is -2.14. The standard InChI is InChI=1S/C7H11NO2S2/c9-1-7(10)4-11-2-6-3-12-5-8-6/h3,5,7,9-10H,1-2,4H2. The Balaban J connectivity index is 2.11. The summed E-state index contributed by atoms with van der Waals surface area (Å²) in [6, 6.07) is 0. The number of aliphatic hydroxyl groups is 2. The van der Waals surface area contributed by atoms with Gasteiger partial charge in [0.05, 0.1) is 23.9 Å². The molecule has 0 saturated carbocycles. The van der Waals surface area contributed by atoms with E-state index in [0.29, 0.717) is 5.75 Å². The second kappa shape index (κ2) is 5.53. The largest absolute Gasteiger partial charge is 0.394 e. The van der Waals surface area contributed by atoms with Gasteiger partial charge in [0.15, 0.2) is 0 Å². The highest BCUT2D eigenvalue weighted by Gasteiger charge is 2.02. The first-order chi connectivity index (χ1) is 5.83. The molecule has 12 heavy (non-hydrogen) atoms. The van der Waals surface area contributed by atoms with Crippen LogP contribution in [0.4, 0.5) is 0 Å². The molecule has 0 aliphatic heterocycles. The molecule has 0 aromatic carbocycles. The first-order valence-electron chi connectivity index (χ1n) is 3.56. The Bertz CT molecular complexity index is 203. The molecular formula is C7H11NO2S2. The van der Waals surface area contributed by atoms with E-state index in [-0.39, 0.29) is 6.61 Å². The minimum Gasteiger partial charge on any atom is -0.394 e. The highest BCUT2D eigenvalue weighted by Crippen LogP contribution is 2.12. The second-order valence-corrected chi connectivity index (χ2v) is 4.08. The SMILES string of the molecule is OCC(O)CSCc1cscn1. The summed E-state index contributed by atoms with van der Waals surface area (Å²) >= 11 is 3.15. The van der Waals surface area contributed by atoms with Crippen molar-refractivity contribution < 1.29 is 10.2 Å². The number of thiazole rings is 1. The molecule has 0 aliphatic rings. The summed E-state index contributed by atoms with van der Waals surface area (Å²) in [5.74, 6) is 1.37. The van der Waals surface area contributed by atoms with Gasteiger partial charge in [-0.25, -0.2) is 4.98 Å². The lowest BCUT2D eigenvalue weighted by atomic mass is 10.4. The van der Waals surface area contributed by atoms with Crippen LogP contribution in [0.5, 0.6) is 0 Å². The molecular weight excluding hydrogens is 194 g/mol. The van der Waals surface area contributed by atoms with Crippen molar-refractivity contribution in [2.75, 3.05) is 12.4 Å². The maximum absolute atomic E-state index is 9.00. The average molecular weight is 205 g/mol. The lowest BCUT2D eigenvalue weighted by molar-refractivity contribution is 0.113. The van der Waals surface area contributed by atoms with Crippen LogP contribution in [0.1, 0.15) is 5.69 Å². The highest BCUT2D eigenvalue weighted by atomic mass is 32.2. The summed E-state index contributed by atoms with van der Waals surface area (Å²) in [6.45, 7) is -0.163. The monoisotopic (exact) mass is 205 g/mol. The van der Waals surface area contributed by atoms with Gasteiger partial charge >= 0.3 is 0 Å². The molecule has 5 heteroatoms. The van der Waals surface area contributed by atoms with E-state index in [9.17, 15) is 0 Å². The maximum Gasteiger partial charge on any atom is 0.0861 e. The molecule has 1 heterocycles. The number of nitrogens with zero attached hydrogens (tertiary/aromatic N) is 1. The highest BCUT2D eigenvalue weighted by molar-refractivity contribution is 7.98. The van der Waals surface area contributed by atoms with Crippen LogP contribution in [0.2, 0.25) is 0 Å². The molecule has 68 valence electrons. The van der Waals surface area contributed by atoms with E-state index in [1.54, 1.807) is 28.6 Å². The van der Waals surface area contributed by atoms with Crippen LogP contribution in [0.3, 0.4) is 0 Å². The van der Waals surface area contributed by atoms with Crippen molar-refractivity contribution in [1.29, 1.82) is 0 Å². The third kappa shape index (κ3) is 3.53. The van der Waals surface area contributed by atoms with Gasteiger partial charge in [0.2, 0.25) is 0 Å². The minimum absolute atomic E-state index is 0.163. The van der Waals surface area contributed by atoms with Crippen LogP contribution in [0.15, 0.2) is 10.9 Å². The summed E-state index contributed by atoms with van der Waals surface area (Å²) in [5, 5.41) is 19.5. The van der Waals surface area contributed by atoms with Gasteiger partial charge in [-0.05, 0) is 0 Å². The molecule has 0 aliphatic carbocycles. The van der Waals surface area contributed by atoms with Crippen molar-refractivity contribution in [3.05, 3.63) is 16.6 Å². The van der Waals surface area contributed by atoms with Crippen molar-refractivity contribution in [2.45, 2.75) is 11.9 Å². The van der Waals surface area contributed by atoms with E-state index in [1.165, 1.54) is 0 Å². The molecule has 0 radical (unpaired) electrons. The van der Waals surface area contributed by atoms with Gasteiger partial charge in [0.25, 0.3) is 0 Å². The number of hydrogen-bond donors (Lipinski definition) is 2. The number of rotatable bonds is 5. The average Bonchev–Trinajstić information content (AvgIpc) is 2.57. The van der Waals surface area contributed by atoms with Gasteiger partial charge < -0.3 is 10.2 Å². The molecule has 3 nitrogen and oxygen atoms in total. The fraction of sp³-hybridized carbons (Fsp3) is 0.571. The molecule has 1 rings (SSSR count). The Morgan fingerprint density at radius 3 is 3.08 bits per heavy atom. The van der Waals surface area contributed by atoms with E-state index in [2.05, 4.69) is 4.98 Å². The number of aliphatic hydroxyl groups excluding tert-OH is 2. The van der Waals surface area contributed by atoms with Gasteiger partial charge in [-0.2, -0.15) is 11.8 Å². The smallest absolute Gasteiger partial charge is 0.0861 e. The van der Waals surface area contributed by atoms with Gasteiger partial charge in [0, 0.05) is 16.9 Å². The van der Waals surface area contributed by atoms with E-state index < -0.39 is 6.10 Å². The predicted molar refractivity (Wildman–Crippen MR) is 51.4 cm³/mol. The Morgan fingerprint density at radius 1 is 1.67 bits per heavy atom. The fourth-order valence-electron chi connectivity index (χ4n) is 0.661. The van der Waals surface area contributed by atoms with Crippen molar-refractivity contribution >= 4 is 23.1 Å². The minimum atomic E-state index is -0.603. The van der Waals surface area contributed by atoms with Gasteiger partial charge in [-0.15, -0.1) is 11.3 Å². The molecule has 0 saturated heterocycles. The molecule has 0 fully saturated rings. The number of hydrogen-bond acceptors (Lipinski definition) is 5. The van der Waals surface area contributed by atoms with Crippen LogP contribution in [0, 0.1) is 0 Å². The third-order valence-electron chi connectivity index (χ3n) is 1.25. The zero-order valence-electron chi connectivity index (χ0n) is 6.51. The molecule has 1 aromatic rings. The Morgan fingerprint density at radius 2 is 2.50 bits per heavy atom. The van der Waals surface area contributed by atoms with E-state index in [4.69, 9.17) is 10.2 Å². The van der Waals surface area contributed by atoms with Crippen molar-refractivity contribution in [2.24, 2.45) is 0 Å². The molecule has 1 aromatic heterocycles. The van der Waals surface area contributed by atoms with Gasteiger partial charge in [-0.3, -0.25) is 0 Å². The fourth-order valence-corrected chi connectivity index (χ4v) is 2.19. The summed E-state index contributed by atoms with van der Waals surface area (Å²) in [5.41, 5.74) is 2.83. The molecule has 2 N–H and O–H groups in total. The van der Waals surface area contributed by atoms with Crippen LogP contribution < -0.4 is 0 Å². The quantitative estimate of drug-likeness (QED) is 0.744. The first-order valence-corrected chi connectivity index (χ1v) is 5.66. The maximum atomic E-state index is 9.00. The second-order valence-electron chi connectivity index (χ2n) is 2.33. The molecule has 0 spiro atoms. The topological polar surface area (TPSA) is 53.4 Å². The number of aromatic nitrogens is 1. The Kier molecular flexibility index (Phi) is 4.60. The van der Waals surface area contributed by atoms with Crippen molar-refractivity contribution in [3.8, 4) is 0 Å². The van der Waals surface area contributed by atoms with Crippen LogP contribution in [-0.4, -0.2) is 33.7 Å². The zero-order chi connectivity index (χ0) is 8.81. The van der Waals surface area contributed by atoms with Crippen LogP contribution in [-0.2, 0) is 5.75 Å². The summed E-state index contributed by atoms with van der Waals surface area (Å²) in [4.78, 5) is 4.09. The van der Waals surface area contributed by atoms with Crippen LogP contribution >= 0.6 is 23.1 Å². The van der Waals surface area contributed by atoms with Crippen LogP contribution in [0.25, 0.3) is 0 Å². The normalized spacial score (nSPS) is 13.2. The molecule has 0 amide bonds. The van der Waals surface area contributed by atoms with E-state index >= 15 is 0 Å². The molecule has 1 unspecified atom stereocenters.